The molecule has 0 heterocycles. The Kier molecular flexibility index (Phi) is 3.33. The molecule has 4 rings (SSSR count). The topological polar surface area (TPSA) is 12.0 Å². The molecule has 1 nitrogen and oxygen atoms in total. The van der Waals surface area contributed by atoms with Crippen molar-refractivity contribution < 1.29 is 4.39 Å². The van der Waals surface area contributed by atoms with Gasteiger partial charge >= 0.3 is 0 Å². The van der Waals surface area contributed by atoms with E-state index in [1.165, 1.54) is 63.4 Å². The Hall–Kier alpha value is -0.890. The summed E-state index contributed by atoms with van der Waals surface area (Å²) in [6.45, 7) is 1.09. The molecule has 0 aliphatic heterocycles. The lowest BCUT2D eigenvalue weighted by Crippen LogP contribution is -2.55. The fraction of sp³-hybridized carbons (Fsp3) is 0.684. The minimum atomic E-state index is -0.115. The summed E-state index contributed by atoms with van der Waals surface area (Å²) in [5.74, 6) is -0.115. The smallest absolute Gasteiger partial charge is 0.123 e. The molecule has 1 spiro atoms. The molecule has 0 saturated heterocycles. The molecule has 2 heteroatoms. The van der Waals surface area contributed by atoms with Crippen LogP contribution in [0.25, 0.3) is 0 Å². The molecular formula is C19H26FN. The van der Waals surface area contributed by atoms with E-state index in [1.807, 2.05) is 12.1 Å². The van der Waals surface area contributed by atoms with Crippen LogP contribution in [0.1, 0.15) is 63.4 Å². The summed E-state index contributed by atoms with van der Waals surface area (Å²) in [7, 11) is 0. The Morgan fingerprint density at radius 1 is 1.00 bits per heavy atom. The van der Waals surface area contributed by atoms with Crippen molar-refractivity contribution in [1.82, 2.24) is 5.32 Å². The van der Waals surface area contributed by atoms with Crippen molar-refractivity contribution in [2.45, 2.75) is 69.2 Å². The van der Waals surface area contributed by atoms with Gasteiger partial charge in [-0.05, 0) is 61.6 Å². The maximum absolute atomic E-state index is 13.3. The fourth-order valence-electron chi connectivity index (χ4n) is 4.90. The van der Waals surface area contributed by atoms with E-state index < -0.39 is 0 Å². The first kappa shape index (κ1) is 13.8. The first-order valence-corrected chi connectivity index (χ1v) is 8.69. The van der Waals surface area contributed by atoms with Gasteiger partial charge in [0.15, 0.2) is 0 Å². The highest BCUT2D eigenvalue weighted by Gasteiger charge is 2.54. The van der Waals surface area contributed by atoms with Crippen LogP contribution in [-0.4, -0.2) is 12.6 Å². The second-order valence-corrected chi connectivity index (χ2v) is 7.86. The van der Waals surface area contributed by atoms with Crippen LogP contribution in [0, 0.1) is 11.2 Å². The summed E-state index contributed by atoms with van der Waals surface area (Å²) in [6.07, 6.45) is 12.4. The van der Waals surface area contributed by atoms with Crippen molar-refractivity contribution in [2.24, 2.45) is 5.41 Å². The molecule has 3 aliphatic carbocycles. The first-order chi connectivity index (χ1) is 10.2. The highest BCUT2D eigenvalue weighted by Crippen LogP contribution is 2.61. The maximum Gasteiger partial charge on any atom is 0.123 e. The molecule has 0 unspecified atom stereocenters. The molecule has 21 heavy (non-hydrogen) atoms. The highest BCUT2D eigenvalue weighted by molar-refractivity contribution is 5.32. The first-order valence-electron chi connectivity index (χ1n) is 8.69. The number of hydrogen-bond donors (Lipinski definition) is 1. The molecule has 1 N–H and O–H groups in total. The summed E-state index contributed by atoms with van der Waals surface area (Å²) in [5, 5.41) is 3.74. The third kappa shape index (κ3) is 2.63. The molecule has 3 aliphatic rings. The van der Waals surface area contributed by atoms with Crippen molar-refractivity contribution >= 4 is 0 Å². The van der Waals surface area contributed by atoms with E-state index >= 15 is 0 Å². The van der Waals surface area contributed by atoms with Gasteiger partial charge in [-0.2, -0.15) is 0 Å². The fourth-order valence-corrected chi connectivity index (χ4v) is 4.90. The van der Waals surface area contributed by atoms with Crippen LogP contribution in [0.4, 0.5) is 4.39 Å². The highest BCUT2D eigenvalue weighted by atomic mass is 19.1. The monoisotopic (exact) mass is 287 g/mol. The Labute approximate surface area is 127 Å². The molecule has 3 saturated carbocycles. The zero-order valence-corrected chi connectivity index (χ0v) is 12.8. The Bertz CT molecular complexity index is 489. The van der Waals surface area contributed by atoms with Gasteiger partial charge in [0.25, 0.3) is 0 Å². The zero-order chi connectivity index (χ0) is 14.3. The largest absolute Gasteiger partial charge is 0.313 e. The van der Waals surface area contributed by atoms with Gasteiger partial charge in [-0.15, -0.1) is 0 Å². The number of nitrogens with one attached hydrogen (secondary N) is 1. The van der Waals surface area contributed by atoms with Crippen molar-refractivity contribution in [1.29, 1.82) is 0 Å². The lowest BCUT2D eigenvalue weighted by atomic mass is 9.46. The summed E-state index contributed by atoms with van der Waals surface area (Å²) in [4.78, 5) is 0. The van der Waals surface area contributed by atoms with Crippen LogP contribution in [-0.2, 0) is 5.41 Å². The van der Waals surface area contributed by atoms with Crippen LogP contribution in [0.2, 0.25) is 0 Å². The van der Waals surface area contributed by atoms with Crippen LogP contribution < -0.4 is 5.32 Å². The molecule has 0 amide bonds. The average Bonchev–Trinajstić information content (AvgIpc) is 3.29. The molecule has 0 radical (unpaired) electrons. The van der Waals surface area contributed by atoms with Crippen molar-refractivity contribution in [3.63, 3.8) is 0 Å². The van der Waals surface area contributed by atoms with Crippen molar-refractivity contribution in [3.05, 3.63) is 35.6 Å². The molecule has 3 fully saturated rings. The van der Waals surface area contributed by atoms with Crippen LogP contribution in [0.15, 0.2) is 24.3 Å². The zero-order valence-electron chi connectivity index (χ0n) is 12.8. The number of benzene rings is 1. The molecular weight excluding hydrogens is 261 g/mol. The third-order valence-electron chi connectivity index (χ3n) is 6.10. The maximum atomic E-state index is 13.3. The predicted octanol–water partition coefficient (Wildman–Crippen LogP) is 4.56. The van der Waals surface area contributed by atoms with Gasteiger partial charge in [-0.3, -0.25) is 0 Å². The van der Waals surface area contributed by atoms with E-state index in [0.29, 0.717) is 5.41 Å². The molecule has 1 aromatic carbocycles. The summed E-state index contributed by atoms with van der Waals surface area (Å²) < 4.78 is 13.3. The normalized spacial score (nSPS) is 26.5. The van der Waals surface area contributed by atoms with Crippen molar-refractivity contribution in [2.75, 3.05) is 6.54 Å². The van der Waals surface area contributed by atoms with E-state index in [9.17, 15) is 4.39 Å². The van der Waals surface area contributed by atoms with E-state index in [0.717, 1.165) is 12.6 Å². The summed E-state index contributed by atoms with van der Waals surface area (Å²) in [5.41, 5.74) is 2.24. The average molecular weight is 287 g/mol. The molecule has 0 atom stereocenters. The van der Waals surface area contributed by atoms with Gasteiger partial charge in [0.1, 0.15) is 5.82 Å². The van der Waals surface area contributed by atoms with Gasteiger partial charge in [-0.1, -0.05) is 31.4 Å². The Morgan fingerprint density at radius 2 is 1.67 bits per heavy atom. The minimum absolute atomic E-state index is 0.115. The summed E-state index contributed by atoms with van der Waals surface area (Å²) in [6, 6.07) is 8.09. The standard InChI is InChI=1S/C19H26FN/c20-16-6-4-15(5-7-16)19(14-21-17-8-9-17)12-18(13-19)10-2-1-3-11-18/h4-7,17,21H,1-3,8-14H2. The van der Waals surface area contributed by atoms with E-state index in [2.05, 4.69) is 5.32 Å². The van der Waals surface area contributed by atoms with Gasteiger partial charge in [-0.25, -0.2) is 4.39 Å². The van der Waals surface area contributed by atoms with Crippen LogP contribution >= 0.6 is 0 Å². The summed E-state index contributed by atoms with van der Waals surface area (Å²) >= 11 is 0. The Morgan fingerprint density at radius 3 is 2.29 bits per heavy atom. The van der Waals surface area contributed by atoms with Crippen molar-refractivity contribution in [3.8, 4) is 0 Å². The quantitative estimate of drug-likeness (QED) is 0.856. The molecule has 1 aromatic rings. The molecule has 114 valence electrons. The van der Waals surface area contributed by atoms with Gasteiger partial charge in [0.2, 0.25) is 0 Å². The lowest BCUT2D eigenvalue weighted by Gasteiger charge is -2.59. The lowest BCUT2D eigenvalue weighted by molar-refractivity contribution is -0.0130. The van der Waals surface area contributed by atoms with Gasteiger partial charge < -0.3 is 5.32 Å². The Balaban J connectivity index is 1.53. The van der Waals surface area contributed by atoms with E-state index in [1.54, 1.807) is 12.1 Å². The molecule has 0 aromatic heterocycles. The minimum Gasteiger partial charge on any atom is -0.313 e. The van der Waals surface area contributed by atoms with Gasteiger partial charge in [0, 0.05) is 18.0 Å². The number of rotatable bonds is 4. The van der Waals surface area contributed by atoms with Gasteiger partial charge in [0.05, 0.1) is 0 Å². The SMILES string of the molecule is Fc1ccc(C2(CNC3CC3)CC3(CCCCC3)C2)cc1. The third-order valence-corrected chi connectivity index (χ3v) is 6.10. The number of hydrogen-bond acceptors (Lipinski definition) is 1. The second-order valence-electron chi connectivity index (χ2n) is 7.86. The predicted molar refractivity (Wildman–Crippen MR) is 83.9 cm³/mol. The molecule has 0 bridgehead atoms. The van der Waals surface area contributed by atoms with Crippen LogP contribution in [0.5, 0.6) is 0 Å². The second kappa shape index (κ2) is 5.08. The van der Waals surface area contributed by atoms with E-state index in [4.69, 9.17) is 0 Å². The number of halogens is 1. The van der Waals surface area contributed by atoms with E-state index in [-0.39, 0.29) is 11.2 Å². The van der Waals surface area contributed by atoms with Crippen LogP contribution in [0.3, 0.4) is 0 Å².